The molecule has 1 fully saturated rings. The monoisotopic (exact) mass is 412 g/mol. The first-order chi connectivity index (χ1) is 14.0. The molecule has 2 N–H and O–H groups in total. The lowest BCUT2D eigenvalue weighted by Crippen LogP contribution is -2.35. The molecule has 2 amide bonds. The van der Waals surface area contributed by atoms with Gasteiger partial charge < -0.3 is 10.2 Å². The van der Waals surface area contributed by atoms with E-state index in [1.165, 1.54) is 24.3 Å². The smallest absolute Gasteiger partial charge is 0.282 e. The third-order valence-electron chi connectivity index (χ3n) is 4.61. The quantitative estimate of drug-likeness (QED) is 0.453. The van der Waals surface area contributed by atoms with Crippen molar-refractivity contribution in [3.8, 4) is 0 Å². The Labute approximate surface area is 173 Å². The zero-order chi connectivity index (χ0) is 20.8. The first-order valence-corrected chi connectivity index (χ1v) is 9.61. The van der Waals surface area contributed by atoms with Gasteiger partial charge in [-0.1, -0.05) is 12.1 Å². The number of hydrogen-bond donors (Lipinski definition) is 2. The van der Waals surface area contributed by atoms with Gasteiger partial charge in [-0.15, -0.1) is 0 Å². The molecule has 0 saturated carbocycles. The molecule has 0 aliphatic carbocycles. The number of carbonyl (C=O) groups excluding carboxylic acids is 2. The molecule has 150 valence electrons. The highest BCUT2D eigenvalue weighted by atomic mass is 32.1. The van der Waals surface area contributed by atoms with Crippen molar-refractivity contribution in [1.82, 2.24) is 10.2 Å². The number of anilines is 1. The lowest BCUT2D eigenvalue weighted by molar-refractivity contribution is -0.385. The van der Waals surface area contributed by atoms with Gasteiger partial charge in [0.15, 0.2) is 5.11 Å². The van der Waals surface area contributed by atoms with Gasteiger partial charge in [-0.25, -0.2) is 0 Å². The summed E-state index contributed by atoms with van der Waals surface area (Å²) in [5.41, 5.74) is 0.804. The van der Waals surface area contributed by atoms with Crippen LogP contribution in [-0.2, 0) is 0 Å². The topological polar surface area (TPSA) is 105 Å². The number of likely N-dealkylation sites (tertiary alicyclic amines) is 1. The summed E-state index contributed by atoms with van der Waals surface area (Å²) >= 11 is 5.12. The number of carbonyl (C=O) groups is 2. The second-order valence-electron chi connectivity index (χ2n) is 6.61. The Kier molecular flexibility index (Phi) is 6.50. The molecule has 8 nitrogen and oxygen atoms in total. The summed E-state index contributed by atoms with van der Waals surface area (Å²) in [6.07, 6.45) is 3.21. The van der Waals surface area contributed by atoms with Gasteiger partial charge in [0, 0.05) is 30.4 Å². The number of amides is 2. The van der Waals surface area contributed by atoms with Crippen LogP contribution in [0.4, 0.5) is 11.4 Å². The molecular formula is C20H20N4O4S. The van der Waals surface area contributed by atoms with Crippen LogP contribution < -0.4 is 10.6 Å². The number of nitrogens with zero attached hydrogens (tertiary/aromatic N) is 2. The molecule has 9 heteroatoms. The molecule has 2 aromatic carbocycles. The third-order valence-corrected chi connectivity index (χ3v) is 4.81. The number of para-hydroxylation sites is 1. The Morgan fingerprint density at radius 1 is 1.00 bits per heavy atom. The van der Waals surface area contributed by atoms with Gasteiger partial charge in [-0.3, -0.25) is 25.0 Å². The molecule has 0 bridgehead atoms. The highest BCUT2D eigenvalue weighted by molar-refractivity contribution is 7.80. The van der Waals surface area contributed by atoms with Crippen LogP contribution in [0.2, 0.25) is 0 Å². The first-order valence-electron chi connectivity index (χ1n) is 9.21. The van der Waals surface area contributed by atoms with E-state index >= 15 is 0 Å². The fourth-order valence-corrected chi connectivity index (χ4v) is 3.34. The average molecular weight is 412 g/mol. The fraction of sp³-hybridized carbons (Fsp3) is 0.250. The number of benzene rings is 2. The highest BCUT2D eigenvalue weighted by Gasteiger charge is 2.20. The van der Waals surface area contributed by atoms with Gasteiger partial charge in [0.1, 0.15) is 5.56 Å². The normalized spacial score (nSPS) is 13.4. The Balaban J connectivity index is 1.60. The summed E-state index contributed by atoms with van der Waals surface area (Å²) in [6.45, 7) is 1.56. The summed E-state index contributed by atoms with van der Waals surface area (Å²) in [4.78, 5) is 37.1. The second-order valence-corrected chi connectivity index (χ2v) is 7.02. The largest absolute Gasteiger partial charge is 0.339 e. The molecule has 2 aromatic rings. The molecular weight excluding hydrogens is 392 g/mol. The van der Waals surface area contributed by atoms with Crippen LogP contribution in [-0.4, -0.2) is 39.8 Å². The summed E-state index contributed by atoms with van der Waals surface area (Å²) in [5.74, 6) is -0.671. The summed E-state index contributed by atoms with van der Waals surface area (Å²) in [7, 11) is 0. The molecule has 1 aliphatic rings. The molecule has 3 rings (SSSR count). The molecule has 0 atom stereocenters. The van der Waals surface area contributed by atoms with Gasteiger partial charge in [0.25, 0.3) is 17.5 Å². The van der Waals surface area contributed by atoms with Crippen LogP contribution in [0.15, 0.2) is 48.5 Å². The van der Waals surface area contributed by atoms with Gasteiger partial charge in [0.05, 0.1) is 4.92 Å². The molecule has 0 radical (unpaired) electrons. The zero-order valence-electron chi connectivity index (χ0n) is 15.6. The number of nitro groups is 1. The minimum Gasteiger partial charge on any atom is -0.339 e. The van der Waals surface area contributed by atoms with Crippen LogP contribution in [0.1, 0.15) is 40.0 Å². The van der Waals surface area contributed by atoms with Crippen LogP contribution in [0.25, 0.3) is 0 Å². The maximum Gasteiger partial charge on any atom is 0.282 e. The molecule has 0 unspecified atom stereocenters. The number of nitro benzene ring substituents is 1. The van der Waals surface area contributed by atoms with Gasteiger partial charge in [-0.05, 0) is 61.8 Å². The number of nitrogens with one attached hydrogen (secondary N) is 2. The van der Waals surface area contributed by atoms with Crippen LogP contribution in [0.5, 0.6) is 0 Å². The van der Waals surface area contributed by atoms with Crippen LogP contribution in [0.3, 0.4) is 0 Å². The summed E-state index contributed by atoms with van der Waals surface area (Å²) in [5, 5.41) is 16.3. The van der Waals surface area contributed by atoms with Crippen molar-refractivity contribution in [2.24, 2.45) is 0 Å². The predicted octanol–water partition coefficient (Wildman–Crippen LogP) is 3.35. The minimum absolute atomic E-state index is 0.00302. The van der Waals surface area contributed by atoms with E-state index in [1.807, 2.05) is 4.90 Å². The summed E-state index contributed by atoms with van der Waals surface area (Å²) in [6, 6.07) is 12.4. The predicted molar refractivity (Wildman–Crippen MR) is 113 cm³/mol. The van der Waals surface area contributed by atoms with Crippen LogP contribution in [0, 0.1) is 10.1 Å². The van der Waals surface area contributed by atoms with E-state index in [0.717, 1.165) is 32.4 Å². The molecule has 0 spiro atoms. The van der Waals surface area contributed by atoms with Crippen molar-refractivity contribution < 1.29 is 14.5 Å². The SMILES string of the molecule is O=C(NC(=S)Nc1ccc(C(=O)N2CCCCC2)cc1)c1ccccc1[N+](=O)[O-]. The van der Waals surface area contributed by atoms with Gasteiger partial charge in [-0.2, -0.15) is 0 Å². The van der Waals surface area contributed by atoms with Gasteiger partial charge >= 0.3 is 0 Å². The van der Waals surface area contributed by atoms with E-state index < -0.39 is 10.8 Å². The van der Waals surface area contributed by atoms with E-state index in [2.05, 4.69) is 10.6 Å². The fourth-order valence-electron chi connectivity index (χ4n) is 3.13. The minimum atomic E-state index is -0.674. The zero-order valence-corrected chi connectivity index (χ0v) is 16.4. The van der Waals surface area contributed by atoms with E-state index in [-0.39, 0.29) is 22.3 Å². The third kappa shape index (κ3) is 5.14. The van der Waals surface area contributed by atoms with E-state index in [1.54, 1.807) is 24.3 Å². The van der Waals surface area contributed by atoms with Crippen LogP contribution >= 0.6 is 12.2 Å². The van der Waals surface area contributed by atoms with Crippen molar-refractivity contribution in [1.29, 1.82) is 0 Å². The summed E-state index contributed by atoms with van der Waals surface area (Å²) < 4.78 is 0. The lowest BCUT2D eigenvalue weighted by Gasteiger charge is -2.26. The highest BCUT2D eigenvalue weighted by Crippen LogP contribution is 2.18. The van der Waals surface area contributed by atoms with E-state index in [0.29, 0.717) is 11.3 Å². The standard InChI is InChI=1S/C20H20N4O4S/c25-18(16-6-2-3-7-17(16)24(27)28)22-20(29)21-15-10-8-14(9-11-15)19(26)23-12-4-1-5-13-23/h2-3,6-11H,1,4-5,12-13H2,(H2,21,22,25,29). The van der Waals surface area contributed by atoms with E-state index in [9.17, 15) is 19.7 Å². The van der Waals surface area contributed by atoms with Crippen molar-refractivity contribution in [3.63, 3.8) is 0 Å². The number of thiocarbonyl (C=S) groups is 1. The van der Waals surface area contributed by atoms with Crippen molar-refractivity contribution >= 4 is 40.5 Å². The van der Waals surface area contributed by atoms with Crippen molar-refractivity contribution in [3.05, 3.63) is 69.8 Å². The second kappa shape index (κ2) is 9.24. The van der Waals surface area contributed by atoms with Crippen molar-refractivity contribution in [2.45, 2.75) is 19.3 Å². The number of piperidine rings is 1. The Hall–Kier alpha value is -3.33. The maximum atomic E-state index is 12.5. The molecule has 0 aromatic heterocycles. The first kappa shape index (κ1) is 20.4. The molecule has 1 heterocycles. The Morgan fingerprint density at radius 2 is 1.66 bits per heavy atom. The van der Waals surface area contributed by atoms with Crippen molar-refractivity contribution in [2.75, 3.05) is 18.4 Å². The average Bonchev–Trinajstić information content (AvgIpc) is 2.74. The Morgan fingerprint density at radius 3 is 2.31 bits per heavy atom. The molecule has 1 aliphatic heterocycles. The molecule has 29 heavy (non-hydrogen) atoms. The number of hydrogen-bond acceptors (Lipinski definition) is 5. The molecule has 1 saturated heterocycles. The maximum absolute atomic E-state index is 12.5. The lowest BCUT2D eigenvalue weighted by atomic mass is 10.1. The van der Waals surface area contributed by atoms with Gasteiger partial charge in [0.2, 0.25) is 0 Å². The van der Waals surface area contributed by atoms with E-state index in [4.69, 9.17) is 12.2 Å². The number of rotatable bonds is 4. The Bertz CT molecular complexity index is 940.